The van der Waals surface area contributed by atoms with Gasteiger partial charge in [-0.2, -0.15) is 0 Å². The van der Waals surface area contributed by atoms with Gasteiger partial charge in [0.25, 0.3) is 0 Å². The molecule has 6 bridgehead atoms. The Morgan fingerprint density at radius 3 is 1.17 bits per heavy atom. The molecule has 3 atom stereocenters. The zero-order chi connectivity index (χ0) is 53.2. The van der Waals surface area contributed by atoms with Crippen molar-refractivity contribution in [2.45, 2.75) is 75.5 Å². The van der Waals surface area contributed by atoms with E-state index in [2.05, 4.69) is 168 Å². The highest BCUT2D eigenvalue weighted by Crippen LogP contribution is 2.64. The first-order valence-corrected chi connectivity index (χ1v) is 28.8. The number of thiazole rings is 3. The molecule has 9 aliphatic rings. The van der Waals surface area contributed by atoms with Crippen LogP contribution in [0.1, 0.15) is 142 Å². The molecule has 0 saturated heterocycles. The molecule has 6 aromatic carbocycles. The molecule has 13 heteroatoms. The molecule has 77 heavy (non-hydrogen) atoms. The summed E-state index contributed by atoms with van der Waals surface area (Å²) in [5.41, 5.74) is 19.3. The number of aromatic nitrogens is 3. The number of nitrogens with one attached hydrogen (secondary N) is 1. The van der Waals surface area contributed by atoms with Gasteiger partial charge in [-0.25, -0.2) is 15.0 Å². The van der Waals surface area contributed by atoms with Gasteiger partial charge < -0.3 is 16.2 Å². The predicted octanol–water partition coefficient (Wildman–Crippen LogP) is 14.0. The van der Waals surface area contributed by atoms with Gasteiger partial charge in [0.1, 0.15) is 0 Å². The maximum Gasteiger partial charge on any atom is 0.310 e. The number of fused-ring (bicyclic) bond motifs is 3. The van der Waals surface area contributed by atoms with Gasteiger partial charge in [0.15, 0.2) is 15.4 Å². The minimum absolute atomic E-state index is 0.0302. The fourth-order valence-electron chi connectivity index (χ4n) is 14.2. The van der Waals surface area contributed by atoms with E-state index in [1.165, 1.54) is 101 Å². The van der Waals surface area contributed by atoms with Crippen molar-refractivity contribution in [2.24, 2.45) is 16.2 Å². The van der Waals surface area contributed by atoms with E-state index in [1.807, 2.05) is 42.2 Å². The zero-order valence-corrected chi connectivity index (χ0v) is 45.6. The number of nitrogens with two attached hydrogens (primary N) is 1. The summed E-state index contributed by atoms with van der Waals surface area (Å²) in [5, 5.41) is 20.5. The number of carbonyl (C=O) groups is 3. The van der Waals surface area contributed by atoms with Crippen molar-refractivity contribution in [2.75, 3.05) is 23.0 Å². The number of aliphatic carboxylic acids is 1. The molecule has 3 aromatic heterocycles. The van der Waals surface area contributed by atoms with E-state index in [9.17, 15) is 19.5 Å². The lowest BCUT2D eigenvalue weighted by Gasteiger charge is -2.51. The highest BCUT2D eigenvalue weighted by atomic mass is 32.1. The third-order valence-electron chi connectivity index (χ3n) is 17.5. The summed E-state index contributed by atoms with van der Waals surface area (Å²) in [5.74, 6) is 0.477. The average molecular weight is 1070 g/mol. The number of amides is 2. The minimum atomic E-state index is -0.701. The van der Waals surface area contributed by atoms with Crippen molar-refractivity contribution in [1.82, 2.24) is 15.0 Å². The summed E-state index contributed by atoms with van der Waals surface area (Å²) in [6.45, 7) is 6.15. The zero-order valence-electron chi connectivity index (χ0n) is 43.2. The maximum absolute atomic E-state index is 13.6. The molecule has 9 aromatic rings. The van der Waals surface area contributed by atoms with Crippen LogP contribution in [0.3, 0.4) is 0 Å². The van der Waals surface area contributed by atoms with Crippen molar-refractivity contribution in [3.05, 3.63) is 247 Å². The van der Waals surface area contributed by atoms with Crippen LogP contribution in [0.25, 0.3) is 0 Å². The van der Waals surface area contributed by atoms with Crippen LogP contribution in [-0.2, 0) is 14.4 Å². The molecule has 4 N–H and O–H groups in total. The second kappa shape index (κ2) is 19.8. The molecule has 18 rings (SSSR count). The van der Waals surface area contributed by atoms with Gasteiger partial charge in [0.05, 0.1) is 16.2 Å². The van der Waals surface area contributed by atoms with Gasteiger partial charge in [-0.1, -0.05) is 146 Å². The molecular weight excluding hydrogens is 1010 g/mol. The molecule has 0 spiro atoms. The standard InChI is InChI=1S/C22H20N2OS.C21H18N2OS.C18H16O2.C3H4N2S/c1-22(20(25)24(2)21-23-11-12-26-21)13-18-14-7-3-5-9-16(14)19(22)17-10-6-4-8-15(17)18;1-21(19(24)23-20-22-10-11-25-20)12-17-13-6-2-4-8-15(13)18(21)16-9-5-3-7-14(16)17;1-18(17(19)20)10-15-11-6-2-4-8-13(11)16(18)14-9-5-3-7-12(14)15;4-3-5-1-2-6-3/h3-12,18-19H,13H2,1-2H3;2-11,17-18H,12H2,1H3,(H,22,23,24);2-9,15-16H,10H2,1H3,(H,19,20);1-2H,(H2,4,5). The van der Waals surface area contributed by atoms with Crippen LogP contribution < -0.4 is 16.0 Å². The lowest BCUT2D eigenvalue weighted by molar-refractivity contribution is -0.150. The van der Waals surface area contributed by atoms with E-state index in [-0.39, 0.29) is 47.3 Å². The lowest BCUT2D eigenvalue weighted by Crippen LogP contribution is -2.50. The number of benzene rings is 6. The number of nitrogens with zero attached hydrogens (tertiary/aromatic N) is 4. The summed E-state index contributed by atoms with van der Waals surface area (Å²) >= 11 is 4.41. The first-order chi connectivity index (χ1) is 37.3. The van der Waals surface area contributed by atoms with Gasteiger partial charge in [-0.15, -0.1) is 34.0 Å². The summed E-state index contributed by atoms with van der Waals surface area (Å²) in [7, 11) is 1.85. The van der Waals surface area contributed by atoms with Crippen LogP contribution in [0.5, 0.6) is 0 Å². The molecule has 0 fully saturated rings. The maximum atomic E-state index is 13.6. The Morgan fingerprint density at radius 1 is 0.494 bits per heavy atom. The SMILES string of the molecule is CC1(C(=O)Nc2nccs2)CC2c3ccccc3C1c1ccccc12.CC1(C(=O)O)CC2c3ccccc3C1c1ccccc12.CN(C(=O)C1(C)CC2c3ccccc3C1c1ccccc12)c1nccs1.Nc1nccs1. The molecule has 2 amide bonds. The van der Waals surface area contributed by atoms with E-state index in [0.29, 0.717) is 16.7 Å². The first kappa shape index (κ1) is 50.2. The van der Waals surface area contributed by atoms with E-state index in [0.717, 1.165) is 18.0 Å². The minimum Gasteiger partial charge on any atom is -0.481 e. The Hall–Kier alpha value is -7.58. The first-order valence-electron chi connectivity index (χ1n) is 26.1. The second-order valence-electron chi connectivity index (χ2n) is 21.7. The van der Waals surface area contributed by atoms with E-state index >= 15 is 0 Å². The van der Waals surface area contributed by atoms with Crippen molar-refractivity contribution >= 4 is 67.2 Å². The summed E-state index contributed by atoms with van der Waals surface area (Å²) in [4.78, 5) is 52.8. The monoisotopic (exact) mass is 1070 g/mol. The van der Waals surface area contributed by atoms with Gasteiger partial charge >= 0.3 is 5.97 Å². The van der Waals surface area contributed by atoms with Crippen molar-refractivity contribution < 1.29 is 19.5 Å². The van der Waals surface area contributed by atoms with Crippen molar-refractivity contribution in [3.8, 4) is 0 Å². The number of anilines is 3. The third kappa shape index (κ3) is 8.32. The number of rotatable bonds is 5. The number of nitrogen functional groups attached to an aromatic ring is 1. The Morgan fingerprint density at radius 2 is 0.831 bits per heavy atom. The number of carbonyl (C=O) groups excluding carboxylic acids is 2. The molecule has 10 nitrogen and oxygen atoms in total. The van der Waals surface area contributed by atoms with Crippen LogP contribution in [-0.4, -0.2) is 44.9 Å². The largest absolute Gasteiger partial charge is 0.481 e. The van der Waals surface area contributed by atoms with Crippen molar-refractivity contribution in [3.63, 3.8) is 0 Å². The van der Waals surface area contributed by atoms with Crippen LogP contribution in [0.4, 0.5) is 15.4 Å². The predicted molar refractivity (Wildman–Crippen MR) is 308 cm³/mol. The second-order valence-corrected chi connectivity index (χ2v) is 24.4. The lowest BCUT2D eigenvalue weighted by atomic mass is 9.52. The van der Waals surface area contributed by atoms with E-state index in [4.69, 9.17) is 5.73 Å². The Balaban J connectivity index is 0.000000111. The van der Waals surface area contributed by atoms with Gasteiger partial charge in [0.2, 0.25) is 11.8 Å². The fourth-order valence-corrected chi connectivity index (χ4v) is 15.7. The van der Waals surface area contributed by atoms with Gasteiger partial charge in [-0.05, 0) is 107 Å². The highest BCUT2D eigenvalue weighted by Gasteiger charge is 2.57. The van der Waals surface area contributed by atoms with Crippen LogP contribution in [0, 0.1) is 16.2 Å². The Kier molecular flexibility index (Phi) is 12.9. The fraction of sp³-hybridized carbons (Fsp3) is 0.250. The molecule has 3 unspecified atom stereocenters. The van der Waals surface area contributed by atoms with Crippen LogP contribution in [0.2, 0.25) is 0 Å². The van der Waals surface area contributed by atoms with Gasteiger partial charge in [-0.3, -0.25) is 19.3 Å². The summed E-state index contributed by atoms with van der Waals surface area (Å²) in [6.07, 6.45) is 7.54. The molecular formula is C64H58N6O4S3. The number of carboxylic acid groups (broad SMARTS) is 1. The molecule has 386 valence electrons. The average Bonchev–Trinajstić information content (AvgIpc) is 4.43. The summed E-state index contributed by atoms with van der Waals surface area (Å²) in [6, 6.07) is 51.2. The molecule has 3 heterocycles. The molecule has 0 radical (unpaired) electrons. The highest BCUT2D eigenvalue weighted by molar-refractivity contribution is 7.14. The smallest absolute Gasteiger partial charge is 0.310 e. The Labute approximate surface area is 460 Å². The van der Waals surface area contributed by atoms with Crippen LogP contribution >= 0.6 is 34.0 Å². The number of hydrogen-bond acceptors (Lipinski definition) is 10. The van der Waals surface area contributed by atoms with Crippen LogP contribution in [0.15, 0.2) is 180 Å². The summed E-state index contributed by atoms with van der Waals surface area (Å²) < 4.78 is 0. The quantitative estimate of drug-likeness (QED) is 0.154. The van der Waals surface area contributed by atoms with Gasteiger partial charge in [0, 0.05) is 77.3 Å². The van der Waals surface area contributed by atoms with Crippen molar-refractivity contribution in [1.29, 1.82) is 0 Å². The normalized spacial score (nSPS) is 25.4. The molecule has 0 aliphatic heterocycles. The topological polar surface area (TPSA) is 151 Å². The molecule has 9 aliphatic carbocycles. The van der Waals surface area contributed by atoms with E-state index < -0.39 is 22.2 Å². The number of hydrogen-bond donors (Lipinski definition) is 3. The number of carboxylic acids is 1. The Bertz CT molecular complexity index is 3530. The third-order valence-corrected chi connectivity index (χ3v) is 19.6. The van der Waals surface area contributed by atoms with E-state index in [1.54, 1.807) is 23.5 Å². The molecule has 0 saturated carbocycles.